The van der Waals surface area contributed by atoms with Crippen molar-refractivity contribution in [2.75, 3.05) is 0 Å². The van der Waals surface area contributed by atoms with Crippen LogP contribution in [0.3, 0.4) is 0 Å². The van der Waals surface area contributed by atoms with Gasteiger partial charge in [-0.05, 0) is 25.1 Å². The van der Waals surface area contributed by atoms with Crippen LogP contribution in [0.1, 0.15) is 11.9 Å². The lowest BCUT2D eigenvalue weighted by Crippen LogP contribution is -1.88. The highest BCUT2D eigenvalue weighted by atomic mass is 35.5. The van der Waals surface area contributed by atoms with E-state index in [1.54, 1.807) is 6.92 Å². The molecule has 2 rings (SSSR count). The lowest BCUT2D eigenvalue weighted by molar-refractivity contribution is 1.39. The van der Waals surface area contributed by atoms with Crippen LogP contribution in [0.4, 0.5) is 0 Å². The van der Waals surface area contributed by atoms with Crippen molar-refractivity contribution in [3.8, 4) is 0 Å². The van der Waals surface area contributed by atoms with Gasteiger partial charge < -0.3 is 5.41 Å². The zero-order valence-electron chi connectivity index (χ0n) is 6.97. The van der Waals surface area contributed by atoms with E-state index in [1.165, 1.54) is 11.3 Å². The predicted molar refractivity (Wildman–Crippen MR) is 57.1 cm³/mol. The summed E-state index contributed by atoms with van der Waals surface area (Å²) in [5, 5.41) is 8.88. The smallest absolute Gasteiger partial charge is 0.137 e. The van der Waals surface area contributed by atoms with Crippen molar-refractivity contribution in [1.82, 2.24) is 4.98 Å². The molecule has 1 heterocycles. The van der Waals surface area contributed by atoms with E-state index in [0.29, 0.717) is 10.7 Å². The minimum Gasteiger partial charge on any atom is -0.302 e. The zero-order chi connectivity index (χ0) is 9.42. The van der Waals surface area contributed by atoms with Crippen molar-refractivity contribution < 1.29 is 0 Å². The first-order valence-corrected chi connectivity index (χ1v) is 4.98. The van der Waals surface area contributed by atoms with Gasteiger partial charge in [0.25, 0.3) is 0 Å². The van der Waals surface area contributed by atoms with Crippen molar-refractivity contribution in [3.63, 3.8) is 0 Å². The maximum atomic E-state index is 7.44. The molecule has 0 saturated heterocycles. The van der Waals surface area contributed by atoms with Crippen LogP contribution in [0.2, 0.25) is 5.02 Å². The highest BCUT2D eigenvalue weighted by molar-refractivity contribution is 7.20. The number of halogens is 1. The average molecular weight is 211 g/mol. The maximum Gasteiger partial charge on any atom is 0.137 e. The number of hydrogen-bond donors (Lipinski definition) is 1. The highest BCUT2D eigenvalue weighted by Crippen LogP contribution is 2.24. The van der Waals surface area contributed by atoms with E-state index in [-0.39, 0.29) is 0 Å². The molecule has 13 heavy (non-hydrogen) atoms. The third-order valence-corrected chi connectivity index (χ3v) is 3.06. The van der Waals surface area contributed by atoms with E-state index >= 15 is 0 Å². The molecule has 4 heteroatoms. The molecule has 0 radical (unpaired) electrons. The molecular formula is C9H7ClN2S. The standard InChI is InChI=1S/C9H7ClN2S/c1-5(11)9-12-7-4-6(10)2-3-8(7)13-9/h2-4,11H,1H3. The fourth-order valence-electron chi connectivity index (χ4n) is 1.06. The Morgan fingerprint density at radius 3 is 3.00 bits per heavy atom. The van der Waals surface area contributed by atoms with Crippen LogP contribution < -0.4 is 0 Å². The van der Waals surface area contributed by atoms with E-state index in [0.717, 1.165) is 15.2 Å². The van der Waals surface area contributed by atoms with Crippen LogP contribution in [-0.2, 0) is 0 Å². The third kappa shape index (κ3) is 1.57. The summed E-state index contributed by atoms with van der Waals surface area (Å²) in [5.74, 6) is 0. The van der Waals surface area contributed by atoms with Crippen LogP contribution >= 0.6 is 22.9 Å². The van der Waals surface area contributed by atoms with Gasteiger partial charge in [0.2, 0.25) is 0 Å². The second-order valence-electron chi connectivity index (χ2n) is 2.76. The molecule has 0 aliphatic heterocycles. The maximum absolute atomic E-state index is 7.44. The highest BCUT2D eigenvalue weighted by Gasteiger charge is 2.04. The summed E-state index contributed by atoms with van der Waals surface area (Å²) in [7, 11) is 0. The topological polar surface area (TPSA) is 36.7 Å². The number of fused-ring (bicyclic) bond motifs is 1. The summed E-state index contributed by atoms with van der Waals surface area (Å²) in [6.45, 7) is 1.74. The van der Waals surface area contributed by atoms with Gasteiger partial charge in [-0.2, -0.15) is 0 Å². The first-order chi connectivity index (χ1) is 6.16. The molecule has 2 nitrogen and oxygen atoms in total. The van der Waals surface area contributed by atoms with Crippen LogP contribution in [0, 0.1) is 5.41 Å². The molecule has 0 atom stereocenters. The molecule has 0 bridgehead atoms. The Labute approximate surface area is 84.7 Å². The van der Waals surface area contributed by atoms with Gasteiger partial charge in [-0.3, -0.25) is 0 Å². The van der Waals surface area contributed by atoms with Crippen LogP contribution in [0.5, 0.6) is 0 Å². The van der Waals surface area contributed by atoms with Gasteiger partial charge in [0.1, 0.15) is 5.01 Å². The third-order valence-electron chi connectivity index (χ3n) is 1.67. The molecule has 1 N–H and O–H groups in total. The number of hydrogen-bond acceptors (Lipinski definition) is 3. The van der Waals surface area contributed by atoms with Crippen molar-refractivity contribution >= 4 is 38.9 Å². The van der Waals surface area contributed by atoms with E-state index in [4.69, 9.17) is 17.0 Å². The summed E-state index contributed by atoms with van der Waals surface area (Å²) >= 11 is 7.34. The largest absolute Gasteiger partial charge is 0.302 e. The van der Waals surface area contributed by atoms with Gasteiger partial charge in [-0.25, -0.2) is 4.98 Å². The molecular weight excluding hydrogens is 204 g/mol. The molecule has 0 spiro atoms. The molecule has 1 aromatic carbocycles. The number of aromatic nitrogens is 1. The summed E-state index contributed by atoms with van der Waals surface area (Å²) < 4.78 is 1.08. The molecule has 0 aliphatic carbocycles. The van der Waals surface area contributed by atoms with Crippen molar-refractivity contribution in [2.45, 2.75) is 6.92 Å². The van der Waals surface area contributed by atoms with Crippen molar-refractivity contribution in [2.24, 2.45) is 0 Å². The van der Waals surface area contributed by atoms with Gasteiger partial charge in [0.15, 0.2) is 0 Å². The summed E-state index contributed by atoms with van der Waals surface area (Å²) in [5.41, 5.74) is 1.37. The second kappa shape index (κ2) is 3.09. The van der Waals surface area contributed by atoms with E-state index in [1.807, 2.05) is 18.2 Å². The van der Waals surface area contributed by atoms with Crippen LogP contribution in [0.25, 0.3) is 10.2 Å². The fraction of sp³-hybridized carbons (Fsp3) is 0.111. The molecule has 2 aromatic rings. The summed E-state index contributed by atoms with van der Waals surface area (Å²) in [4.78, 5) is 4.28. The summed E-state index contributed by atoms with van der Waals surface area (Å²) in [6.07, 6.45) is 0. The number of rotatable bonds is 1. The molecule has 0 unspecified atom stereocenters. The van der Waals surface area contributed by atoms with Gasteiger partial charge in [-0.15, -0.1) is 11.3 Å². The minimum atomic E-state index is 0.498. The Kier molecular flexibility index (Phi) is 2.06. The summed E-state index contributed by atoms with van der Waals surface area (Å²) in [6, 6.07) is 5.59. The first-order valence-electron chi connectivity index (χ1n) is 3.78. The fourth-order valence-corrected chi connectivity index (χ4v) is 2.08. The van der Waals surface area contributed by atoms with Gasteiger partial charge in [0.05, 0.1) is 15.9 Å². The van der Waals surface area contributed by atoms with E-state index in [2.05, 4.69) is 4.98 Å². The zero-order valence-corrected chi connectivity index (χ0v) is 8.54. The second-order valence-corrected chi connectivity index (χ2v) is 4.22. The minimum absolute atomic E-state index is 0.498. The first kappa shape index (κ1) is 8.66. The molecule has 66 valence electrons. The van der Waals surface area contributed by atoms with Gasteiger partial charge >= 0.3 is 0 Å². The molecule has 0 amide bonds. The van der Waals surface area contributed by atoms with Crippen molar-refractivity contribution in [1.29, 1.82) is 5.41 Å². The monoisotopic (exact) mass is 210 g/mol. The lowest BCUT2D eigenvalue weighted by atomic mass is 10.3. The average Bonchev–Trinajstić information content (AvgIpc) is 2.46. The van der Waals surface area contributed by atoms with E-state index < -0.39 is 0 Å². The van der Waals surface area contributed by atoms with Crippen LogP contribution in [-0.4, -0.2) is 10.7 Å². The Balaban J connectivity index is 2.68. The number of nitrogens with zero attached hydrogens (tertiary/aromatic N) is 1. The van der Waals surface area contributed by atoms with Gasteiger partial charge in [0, 0.05) is 5.02 Å². The molecule has 0 fully saturated rings. The Morgan fingerprint density at radius 1 is 1.54 bits per heavy atom. The SMILES string of the molecule is CC(=N)c1nc2cc(Cl)ccc2s1. The predicted octanol–water partition coefficient (Wildman–Crippen LogP) is 3.34. The number of thiazole rings is 1. The quantitative estimate of drug-likeness (QED) is 0.721. The molecule has 1 aromatic heterocycles. The van der Waals surface area contributed by atoms with Crippen molar-refractivity contribution in [3.05, 3.63) is 28.2 Å². The van der Waals surface area contributed by atoms with E-state index in [9.17, 15) is 0 Å². The molecule has 0 aliphatic rings. The number of nitrogens with one attached hydrogen (secondary N) is 1. The van der Waals surface area contributed by atoms with Gasteiger partial charge in [-0.1, -0.05) is 11.6 Å². The number of benzene rings is 1. The normalized spacial score (nSPS) is 10.6. The Hall–Kier alpha value is -0.930. The Bertz CT molecular complexity index is 475. The lowest BCUT2D eigenvalue weighted by Gasteiger charge is -1.86. The Morgan fingerprint density at radius 2 is 2.31 bits per heavy atom. The van der Waals surface area contributed by atoms with Crippen LogP contribution in [0.15, 0.2) is 18.2 Å². The molecule has 0 saturated carbocycles.